The van der Waals surface area contributed by atoms with Crippen LogP contribution < -0.4 is 5.73 Å². The summed E-state index contributed by atoms with van der Waals surface area (Å²) in [7, 11) is 0. The zero-order valence-corrected chi connectivity index (χ0v) is 7.96. The molecule has 0 spiro atoms. The van der Waals surface area contributed by atoms with Crippen LogP contribution in [0.3, 0.4) is 0 Å². The van der Waals surface area contributed by atoms with Gasteiger partial charge in [0.25, 0.3) is 0 Å². The van der Waals surface area contributed by atoms with E-state index in [4.69, 9.17) is 5.73 Å². The Morgan fingerprint density at radius 3 is 2.69 bits per heavy atom. The first-order valence-corrected chi connectivity index (χ1v) is 4.62. The third kappa shape index (κ3) is 3.15. The topological polar surface area (TPSA) is 26.0 Å². The molecular formula is C11H16FN. The van der Waals surface area contributed by atoms with E-state index in [9.17, 15) is 4.39 Å². The Bertz CT molecular complexity index is 260. The van der Waals surface area contributed by atoms with Crippen molar-refractivity contribution in [3.8, 4) is 0 Å². The number of rotatable bonds is 4. The van der Waals surface area contributed by atoms with Crippen molar-refractivity contribution < 1.29 is 4.39 Å². The normalized spacial score (nSPS) is 12.8. The van der Waals surface area contributed by atoms with Gasteiger partial charge in [0, 0.05) is 6.54 Å². The second-order valence-electron chi connectivity index (χ2n) is 3.30. The number of alkyl halides is 1. The van der Waals surface area contributed by atoms with Crippen molar-refractivity contribution in [2.75, 3.05) is 6.54 Å². The van der Waals surface area contributed by atoms with E-state index in [-0.39, 0.29) is 6.54 Å². The predicted molar refractivity (Wildman–Crippen MR) is 53.5 cm³/mol. The van der Waals surface area contributed by atoms with Gasteiger partial charge in [-0.3, -0.25) is 0 Å². The average Bonchev–Trinajstić information content (AvgIpc) is 2.16. The van der Waals surface area contributed by atoms with Crippen LogP contribution in [0.5, 0.6) is 0 Å². The maximum Gasteiger partial charge on any atom is 0.113 e. The Labute approximate surface area is 78.8 Å². The standard InChI is InChI=1S/C11H16FN/c1-9-4-2-3-5-10(9)6-7-11(12)8-13/h2-5,11H,6-8,13H2,1H3. The van der Waals surface area contributed by atoms with E-state index in [0.717, 1.165) is 6.42 Å². The van der Waals surface area contributed by atoms with Crippen molar-refractivity contribution in [2.24, 2.45) is 5.73 Å². The van der Waals surface area contributed by atoms with Gasteiger partial charge < -0.3 is 5.73 Å². The van der Waals surface area contributed by atoms with Gasteiger partial charge in [-0.05, 0) is 30.9 Å². The van der Waals surface area contributed by atoms with Crippen molar-refractivity contribution in [3.05, 3.63) is 35.4 Å². The van der Waals surface area contributed by atoms with Crippen LogP contribution in [-0.4, -0.2) is 12.7 Å². The summed E-state index contributed by atoms with van der Waals surface area (Å²) < 4.78 is 12.8. The highest BCUT2D eigenvalue weighted by molar-refractivity contribution is 5.25. The fourth-order valence-corrected chi connectivity index (χ4v) is 1.32. The van der Waals surface area contributed by atoms with Gasteiger partial charge in [0.2, 0.25) is 0 Å². The molecule has 1 aromatic carbocycles. The number of benzene rings is 1. The minimum absolute atomic E-state index is 0.131. The zero-order chi connectivity index (χ0) is 9.68. The van der Waals surface area contributed by atoms with E-state index in [1.54, 1.807) is 0 Å². The van der Waals surface area contributed by atoms with Gasteiger partial charge in [-0.25, -0.2) is 4.39 Å². The highest BCUT2D eigenvalue weighted by Crippen LogP contribution is 2.11. The van der Waals surface area contributed by atoms with Crippen LogP contribution in [0.1, 0.15) is 17.5 Å². The summed E-state index contributed by atoms with van der Waals surface area (Å²) in [5.41, 5.74) is 7.65. The van der Waals surface area contributed by atoms with E-state index in [0.29, 0.717) is 6.42 Å². The molecule has 0 saturated carbocycles. The molecule has 1 aromatic rings. The van der Waals surface area contributed by atoms with Gasteiger partial charge in [-0.15, -0.1) is 0 Å². The molecule has 0 fully saturated rings. The Morgan fingerprint density at radius 1 is 1.38 bits per heavy atom. The van der Waals surface area contributed by atoms with Crippen molar-refractivity contribution in [2.45, 2.75) is 25.9 Å². The number of halogens is 1. The molecule has 13 heavy (non-hydrogen) atoms. The molecule has 1 nitrogen and oxygen atoms in total. The van der Waals surface area contributed by atoms with Crippen LogP contribution in [0.15, 0.2) is 24.3 Å². The maximum absolute atomic E-state index is 12.8. The van der Waals surface area contributed by atoms with Gasteiger partial charge in [0.05, 0.1) is 0 Å². The van der Waals surface area contributed by atoms with Gasteiger partial charge in [-0.2, -0.15) is 0 Å². The van der Waals surface area contributed by atoms with Crippen LogP contribution in [0.4, 0.5) is 4.39 Å². The molecule has 2 N–H and O–H groups in total. The van der Waals surface area contributed by atoms with Crippen molar-refractivity contribution >= 4 is 0 Å². The molecular weight excluding hydrogens is 165 g/mol. The molecule has 1 rings (SSSR count). The summed E-state index contributed by atoms with van der Waals surface area (Å²) in [6.07, 6.45) is 0.450. The number of hydrogen-bond donors (Lipinski definition) is 1. The van der Waals surface area contributed by atoms with Crippen LogP contribution in [0.25, 0.3) is 0 Å². The fourth-order valence-electron chi connectivity index (χ4n) is 1.32. The molecule has 1 atom stereocenters. The number of hydrogen-bond acceptors (Lipinski definition) is 1. The molecule has 2 heteroatoms. The Hall–Kier alpha value is -0.890. The molecule has 0 aromatic heterocycles. The minimum Gasteiger partial charge on any atom is -0.328 e. The molecule has 0 heterocycles. The summed E-state index contributed by atoms with van der Waals surface area (Å²) in [6.45, 7) is 2.18. The molecule has 0 aliphatic heterocycles. The third-order valence-corrected chi connectivity index (χ3v) is 2.24. The summed E-state index contributed by atoms with van der Waals surface area (Å²) in [6, 6.07) is 8.07. The average molecular weight is 181 g/mol. The van der Waals surface area contributed by atoms with E-state index in [1.165, 1.54) is 11.1 Å². The van der Waals surface area contributed by atoms with Crippen LogP contribution in [0.2, 0.25) is 0 Å². The van der Waals surface area contributed by atoms with Crippen LogP contribution >= 0.6 is 0 Å². The summed E-state index contributed by atoms with van der Waals surface area (Å²) >= 11 is 0. The SMILES string of the molecule is Cc1ccccc1CCC(F)CN. The number of aryl methyl sites for hydroxylation is 2. The molecule has 0 aliphatic rings. The summed E-state index contributed by atoms with van der Waals surface area (Å²) in [4.78, 5) is 0. The molecule has 0 radical (unpaired) electrons. The second kappa shape index (κ2) is 4.97. The van der Waals surface area contributed by atoms with Crippen LogP contribution in [0, 0.1) is 6.92 Å². The van der Waals surface area contributed by atoms with Crippen LogP contribution in [-0.2, 0) is 6.42 Å². The second-order valence-corrected chi connectivity index (χ2v) is 3.30. The lowest BCUT2D eigenvalue weighted by molar-refractivity contribution is 0.322. The lowest BCUT2D eigenvalue weighted by atomic mass is 10.0. The Balaban J connectivity index is 2.50. The Morgan fingerprint density at radius 2 is 2.08 bits per heavy atom. The van der Waals surface area contributed by atoms with E-state index in [1.807, 2.05) is 31.2 Å². The van der Waals surface area contributed by atoms with Crippen molar-refractivity contribution in [1.82, 2.24) is 0 Å². The highest BCUT2D eigenvalue weighted by Gasteiger charge is 2.04. The highest BCUT2D eigenvalue weighted by atomic mass is 19.1. The van der Waals surface area contributed by atoms with Gasteiger partial charge >= 0.3 is 0 Å². The van der Waals surface area contributed by atoms with Gasteiger partial charge in [0.1, 0.15) is 6.17 Å². The summed E-state index contributed by atoms with van der Waals surface area (Å²) in [5, 5.41) is 0. The fraction of sp³-hybridized carbons (Fsp3) is 0.455. The first kappa shape index (κ1) is 10.2. The minimum atomic E-state index is -0.861. The lowest BCUT2D eigenvalue weighted by Gasteiger charge is -2.07. The van der Waals surface area contributed by atoms with E-state index < -0.39 is 6.17 Å². The Kier molecular flexibility index (Phi) is 3.90. The third-order valence-electron chi connectivity index (χ3n) is 2.24. The predicted octanol–water partition coefficient (Wildman–Crippen LogP) is 2.22. The summed E-state index contributed by atoms with van der Waals surface area (Å²) in [5.74, 6) is 0. The van der Waals surface area contributed by atoms with Crippen molar-refractivity contribution in [3.63, 3.8) is 0 Å². The van der Waals surface area contributed by atoms with Crippen molar-refractivity contribution in [1.29, 1.82) is 0 Å². The van der Waals surface area contributed by atoms with Gasteiger partial charge in [0.15, 0.2) is 0 Å². The molecule has 0 bridgehead atoms. The number of nitrogens with two attached hydrogens (primary N) is 1. The molecule has 72 valence electrons. The lowest BCUT2D eigenvalue weighted by Crippen LogP contribution is -2.15. The first-order valence-electron chi connectivity index (χ1n) is 4.62. The molecule has 0 amide bonds. The van der Waals surface area contributed by atoms with E-state index in [2.05, 4.69) is 0 Å². The molecule has 1 unspecified atom stereocenters. The zero-order valence-electron chi connectivity index (χ0n) is 7.96. The molecule has 0 aliphatic carbocycles. The van der Waals surface area contributed by atoms with E-state index >= 15 is 0 Å². The first-order chi connectivity index (χ1) is 6.24. The quantitative estimate of drug-likeness (QED) is 0.757. The van der Waals surface area contributed by atoms with Gasteiger partial charge in [-0.1, -0.05) is 24.3 Å². The maximum atomic E-state index is 12.8. The smallest absolute Gasteiger partial charge is 0.113 e. The monoisotopic (exact) mass is 181 g/mol. The largest absolute Gasteiger partial charge is 0.328 e. The molecule has 0 saturated heterocycles.